The molecule has 30 heavy (non-hydrogen) atoms. The first-order valence-electron chi connectivity index (χ1n) is 9.53. The molecule has 2 heterocycles. The number of fused-ring (bicyclic) bond motifs is 2. The van der Waals surface area contributed by atoms with Gasteiger partial charge in [0.25, 0.3) is 5.91 Å². The number of nitrogens with one attached hydrogen (secondary N) is 1. The summed E-state index contributed by atoms with van der Waals surface area (Å²) in [7, 11) is 0. The van der Waals surface area contributed by atoms with Crippen molar-refractivity contribution in [2.45, 2.75) is 13.3 Å². The molecule has 0 bridgehead atoms. The van der Waals surface area contributed by atoms with Gasteiger partial charge in [0.2, 0.25) is 5.76 Å². The first-order valence-corrected chi connectivity index (χ1v) is 9.90. The van der Waals surface area contributed by atoms with Gasteiger partial charge in [-0.3, -0.25) is 4.79 Å². The van der Waals surface area contributed by atoms with Crippen molar-refractivity contribution in [2.24, 2.45) is 0 Å². The summed E-state index contributed by atoms with van der Waals surface area (Å²) in [6, 6.07) is 10.9. The van der Waals surface area contributed by atoms with Gasteiger partial charge in [0.1, 0.15) is 13.2 Å². The van der Waals surface area contributed by atoms with Crippen LogP contribution >= 0.6 is 11.6 Å². The Morgan fingerprint density at radius 2 is 1.93 bits per heavy atom. The van der Waals surface area contributed by atoms with Gasteiger partial charge >= 0.3 is 5.97 Å². The summed E-state index contributed by atoms with van der Waals surface area (Å²) in [4.78, 5) is 24.3. The SMILES string of the molecule is Cc1c(C(=O)OCC(=O)NCCc2ccc3c(c2)OCCO3)oc2c(Cl)cccc12. The third-order valence-electron chi connectivity index (χ3n) is 4.78. The van der Waals surface area contributed by atoms with E-state index >= 15 is 0 Å². The molecule has 0 atom stereocenters. The number of rotatable bonds is 6. The van der Waals surface area contributed by atoms with Crippen LogP contribution < -0.4 is 14.8 Å². The van der Waals surface area contributed by atoms with E-state index in [4.69, 9.17) is 30.2 Å². The van der Waals surface area contributed by atoms with Gasteiger partial charge in [-0.05, 0) is 37.1 Å². The van der Waals surface area contributed by atoms with Crippen molar-refractivity contribution in [2.75, 3.05) is 26.4 Å². The molecule has 1 aliphatic heterocycles. The van der Waals surface area contributed by atoms with Crippen molar-refractivity contribution in [1.82, 2.24) is 5.32 Å². The minimum atomic E-state index is -0.707. The van der Waals surface area contributed by atoms with Crippen LogP contribution in [0.4, 0.5) is 0 Å². The lowest BCUT2D eigenvalue weighted by Gasteiger charge is -2.18. The van der Waals surface area contributed by atoms with Gasteiger partial charge in [0.15, 0.2) is 23.7 Å². The summed E-state index contributed by atoms with van der Waals surface area (Å²) >= 11 is 6.10. The quantitative estimate of drug-likeness (QED) is 0.601. The molecule has 0 fully saturated rings. The maximum atomic E-state index is 12.3. The Bertz CT molecular complexity index is 1110. The molecule has 0 aliphatic carbocycles. The summed E-state index contributed by atoms with van der Waals surface area (Å²) in [6.45, 7) is 2.81. The predicted octanol–water partition coefficient (Wildman–Crippen LogP) is 3.68. The van der Waals surface area contributed by atoms with E-state index in [0.29, 0.717) is 48.1 Å². The van der Waals surface area contributed by atoms with Crippen molar-refractivity contribution in [3.8, 4) is 11.5 Å². The molecule has 0 radical (unpaired) electrons. The van der Waals surface area contributed by atoms with Crippen molar-refractivity contribution >= 4 is 34.4 Å². The van der Waals surface area contributed by atoms with Crippen LogP contribution in [0.25, 0.3) is 11.0 Å². The molecular formula is C22H20ClNO6. The number of ether oxygens (including phenoxy) is 3. The van der Waals surface area contributed by atoms with E-state index < -0.39 is 18.5 Å². The first-order chi connectivity index (χ1) is 14.5. The maximum Gasteiger partial charge on any atom is 0.375 e. The van der Waals surface area contributed by atoms with Gasteiger partial charge in [-0.25, -0.2) is 4.79 Å². The monoisotopic (exact) mass is 429 g/mol. The van der Waals surface area contributed by atoms with E-state index in [1.165, 1.54) is 0 Å². The number of halogens is 1. The van der Waals surface area contributed by atoms with Crippen molar-refractivity contribution < 1.29 is 28.2 Å². The molecule has 0 saturated carbocycles. The predicted molar refractivity (Wildman–Crippen MR) is 110 cm³/mol. The van der Waals surface area contributed by atoms with Crippen LogP contribution in [-0.4, -0.2) is 38.2 Å². The van der Waals surface area contributed by atoms with Crippen LogP contribution in [0.2, 0.25) is 5.02 Å². The molecule has 1 aromatic heterocycles. The molecule has 1 N–H and O–H groups in total. The number of carbonyl (C=O) groups excluding carboxylic acids is 2. The number of amides is 1. The lowest BCUT2D eigenvalue weighted by atomic mass is 10.1. The Morgan fingerprint density at radius 3 is 2.73 bits per heavy atom. The highest BCUT2D eigenvalue weighted by Crippen LogP contribution is 2.31. The highest BCUT2D eigenvalue weighted by atomic mass is 35.5. The van der Waals surface area contributed by atoms with Gasteiger partial charge < -0.3 is 23.9 Å². The Labute approximate surface area is 177 Å². The third kappa shape index (κ3) is 4.21. The van der Waals surface area contributed by atoms with E-state index in [1.54, 1.807) is 25.1 Å². The summed E-state index contributed by atoms with van der Waals surface area (Å²) in [5.74, 6) is 0.375. The van der Waals surface area contributed by atoms with Gasteiger partial charge in [-0.2, -0.15) is 0 Å². The molecule has 0 unspecified atom stereocenters. The average Bonchev–Trinajstić information content (AvgIpc) is 3.10. The second kappa shape index (κ2) is 8.67. The van der Waals surface area contributed by atoms with Crippen LogP contribution in [0.5, 0.6) is 11.5 Å². The number of carbonyl (C=O) groups is 2. The Balaban J connectivity index is 1.27. The maximum absolute atomic E-state index is 12.3. The Morgan fingerprint density at radius 1 is 1.13 bits per heavy atom. The minimum absolute atomic E-state index is 0.0437. The fourth-order valence-electron chi connectivity index (χ4n) is 3.24. The summed E-state index contributed by atoms with van der Waals surface area (Å²) in [5.41, 5.74) is 2.05. The topological polar surface area (TPSA) is 87.0 Å². The van der Waals surface area contributed by atoms with Gasteiger partial charge in [-0.15, -0.1) is 0 Å². The summed E-state index contributed by atoms with van der Waals surface area (Å²) in [6.07, 6.45) is 0.609. The highest BCUT2D eigenvalue weighted by Gasteiger charge is 2.21. The number of aryl methyl sites for hydroxylation is 1. The number of esters is 1. The average molecular weight is 430 g/mol. The van der Waals surface area contributed by atoms with Gasteiger partial charge in [0, 0.05) is 17.5 Å². The normalized spacial score (nSPS) is 12.6. The van der Waals surface area contributed by atoms with E-state index in [9.17, 15) is 9.59 Å². The number of benzene rings is 2. The molecule has 1 aliphatic rings. The fraction of sp³-hybridized carbons (Fsp3) is 0.273. The molecular weight excluding hydrogens is 410 g/mol. The van der Waals surface area contributed by atoms with Gasteiger partial charge in [0.05, 0.1) is 5.02 Å². The largest absolute Gasteiger partial charge is 0.486 e. The van der Waals surface area contributed by atoms with E-state index in [1.807, 2.05) is 18.2 Å². The fourth-order valence-corrected chi connectivity index (χ4v) is 3.45. The Hall–Kier alpha value is -3.19. The molecule has 7 nitrogen and oxygen atoms in total. The molecule has 8 heteroatoms. The lowest BCUT2D eigenvalue weighted by Crippen LogP contribution is -2.30. The number of hydrogen-bond acceptors (Lipinski definition) is 6. The molecule has 0 spiro atoms. The van der Waals surface area contributed by atoms with E-state index in [0.717, 1.165) is 16.7 Å². The molecule has 0 saturated heterocycles. The van der Waals surface area contributed by atoms with Crippen LogP contribution in [0.15, 0.2) is 40.8 Å². The third-order valence-corrected chi connectivity index (χ3v) is 5.08. The molecule has 2 aromatic carbocycles. The minimum Gasteiger partial charge on any atom is -0.486 e. The zero-order chi connectivity index (χ0) is 21.1. The van der Waals surface area contributed by atoms with Crippen LogP contribution in [-0.2, 0) is 16.0 Å². The van der Waals surface area contributed by atoms with Crippen molar-refractivity contribution in [1.29, 1.82) is 0 Å². The first kappa shape index (κ1) is 20.1. The standard InChI is InChI=1S/C22H20ClNO6/c1-13-15-3-2-4-16(23)21(15)30-20(13)22(26)29-12-19(25)24-8-7-14-5-6-17-18(11-14)28-10-9-27-17/h2-6,11H,7-10,12H2,1H3,(H,24,25). The van der Waals surface area contributed by atoms with Crippen molar-refractivity contribution in [3.63, 3.8) is 0 Å². The van der Waals surface area contributed by atoms with Crippen molar-refractivity contribution in [3.05, 3.63) is 58.3 Å². The second-order valence-corrected chi connectivity index (χ2v) is 7.23. The number of furan rings is 1. The van der Waals surface area contributed by atoms with Crippen LogP contribution in [0.3, 0.4) is 0 Å². The zero-order valence-electron chi connectivity index (χ0n) is 16.3. The molecule has 4 rings (SSSR count). The number of hydrogen-bond donors (Lipinski definition) is 1. The lowest BCUT2D eigenvalue weighted by molar-refractivity contribution is -0.124. The van der Waals surface area contributed by atoms with Crippen LogP contribution in [0.1, 0.15) is 21.7 Å². The highest BCUT2D eigenvalue weighted by molar-refractivity contribution is 6.35. The van der Waals surface area contributed by atoms with Gasteiger partial charge in [-0.1, -0.05) is 29.8 Å². The number of para-hydroxylation sites is 1. The molecule has 156 valence electrons. The van der Waals surface area contributed by atoms with E-state index in [2.05, 4.69) is 5.32 Å². The van der Waals surface area contributed by atoms with Crippen LogP contribution in [0, 0.1) is 6.92 Å². The summed E-state index contributed by atoms with van der Waals surface area (Å²) < 4.78 is 21.7. The zero-order valence-corrected chi connectivity index (χ0v) is 17.1. The molecule has 1 amide bonds. The summed E-state index contributed by atoms with van der Waals surface area (Å²) in [5, 5.41) is 3.87. The molecule has 3 aromatic rings. The van der Waals surface area contributed by atoms with E-state index in [-0.39, 0.29) is 5.76 Å². The second-order valence-electron chi connectivity index (χ2n) is 6.83. The Kier molecular flexibility index (Phi) is 5.81. The smallest absolute Gasteiger partial charge is 0.375 e.